The molecule has 198 valence electrons. The molecule has 0 saturated heterocycles. The maximum absolute atomic E-state index is 13.5. The zero-order valence-electron chi connectivity index (χ0n) is 21.7. The highest BCUT2D eigenvalue weighted by Crippen LogP contribution is 2.42. The number of halogens is 1. The van der Waals surface area contributed by atoms with Crippen LogP contribution in [0.4, 0.5) is 5.69 Å². The Labute approximate surface area is 236 Å². The lowest BCUT2D eigenvalue weighted by Gasteiger charge is -2.30. The highest BCUT2D eigenvalue weighted by atomic mass is 79.9. The number of unbranched alkanes of at least 4 members (excludes halogenated alkanes) is 1. The van der Waals surface area contributed by atoms with Gasteiger partial charge in [0.05, 0.1) is 34.8 Å². The molecule has 1 aliphatic heterocycles. The van der Waals surface area contributed by atoms with Gasteiger partial charge in [0, 0.05) is 4.90 Å². The molecular weight excluding hydrogens is 564 g/mol. The van der Waals surface area contributed by atoms with Gasteiger partial charge in [-0.25, -0.2) is 0 Å². The van der Waals surface area contributed by atoms with Crippen molar-refractivity contribution in [2.45, 2.75) is 37.6 Å². The number of rotatable bonds is 10. The lowest BCUT2D eigenvalue weighted by Crippen LogP contribution is -2.43. The van der Waals surface area contributed by atoms with E-state index in [4.69, 9.17) is 9.47 Å². The smallest absolute Gasteiger partial charge is 0.265 e. The fourth-order valence-electron chi connectivity index (χ4n) is 4.04. The van der Waals surface area contributed by atoms with Crippen LogP contribution in [0.3, 0.4) is 0 Å². The molecule has 3 aromatic rings. The minimum absolute atomic E-state index is 0.0807. The molecule has 0 spiro atoms. The van der Waals surface area contributed by atoms with E-state index in [0.29, 0.717) is 17.3 Å². The van der Waals surface area contributed by atoms with Crippen LogP contribution in [-0.2, 0) is 9.59 Å². The van der Waals surface area contributed by atoms with E-state index in [1.807, 2.05) is 79.7 Å². The first-order valence-corrected chi connectivity index (χ1v) is 14.2. The van der Waals surface area contributed by atoms with Gasteiger partial charge in [0.2, 0.25) is 5.91 Å². The zero-order valence-corrected chi connectivity index (χ0v) is 24.1. The van der Waals surface area contributed by atoms with E-state index in [1.165, 1.54) is 11.8 Å². The summed E-state index contributed by atoms with van der Waals surface area (Å²) in [6, 6.07) is 20.8. The van der Waals surface area contributed by atoms with Crippen LogP contribution >= 0.6 is 27.7 Å². The number of methoxy groups -OCH3 is 1. The summed E-state index contributed by atoms with van der Waals surface area (Å²) in [4.78, 5) is 29.6. The molecule has 1 unspecified atom stereocenters. The minimum atomic E-state index is -0.234. The second-order valence-corrected chi connectivity index (χ2v) is 10.9. The third kappa shape index (κ3) is 6.79. The van der Waals surface area contributed by atoms with Gasteiger partial charge >= 0.3 is 0 Å². The average Bonchev–Trinajstić information content (AvgIpc) is 2.91. The van der Waals surface area contributed by atoms with Crippen molar-refractivity contribution in [3.8, 4) is 11.5 Å². The number of thioether (sulfide) groups is 1. The molecule has 8 heteroatoms. The normalized spacial score (nSPS) is 14.7. The highest BCUT2D eigenvalue weighted by molar-refractivity contribution is 9.10. The van der Waals surface area contributed by atoms with E-state index in [-0.39, 0.29) is 24.4 Å². The van der Waals surface area contributed by atoms with Crippen LogP contribution in [0.5, 0.6) is 11.5 Å². The standard InChI is InChI=1S/C30H31BrN2O4S/c1-4-5-16-37-23-13-11-22(12-14-23)20(2)32-29(34)19-33-25-8-6-7-9-27(25)38-28(30(33)35)18-21-10-15-26(36-3)24(31)17-21/h6-15,17-18,20H,4-5,16,19H2,1-3H3,(H,32,34)/b28-18-. The molecule has 0 saturated carbocycles. The van der Waals surface area contributed by atoms with Gasteiger partial charge in [0.1, 0.15) is 18.0 Å². The Morgan fingerprint density at radius 1 is 1.13 bits per heavy atom. The van der Waals surface area contributed by atoms with Gasteiger partial charge in [0.15, 0.2) is 0 Å². The Bertz CT molecular complexity index is 1330. The second kappa shape index (κ2) is 13.0. The van der Waals surface area contributed by atoms with Crippen LogP contribution in [0, 0.1) is 0 Å². The lowest BCUT2D eigenvalue weighted by molar-refractivity contribution is -0.122. The van der Waals surface area contributed by atoms with E-state index in [2.05, 4.69) is 28.2 Å². The number of nitrogens with zero attached hydrogens (tertiary/aromatic N) is 1. The Kier molecular flexibility index (Phi) is 9.53. The van der Waals surface area contributed by atoms with Gasteiger partial charge in [-0.15, -0.1) is 0 Å². The van der Waals surface area contributed by atoms with Crippen molar-refractivity contribution in [2.24, 2.45) is 0 Å². The van der Waals surface area contributed by atoms with Crippen molar-refractivity contribution in [3.05, 3.63) is 87.2 Å². The zero-order chi connectivity index (χ0) is 27.1. The molecule has 0 bridgehead atoms. The number of carbonyl (C=O) groups excluding carboxylic acids is 2. The molecule has 0 aliphatic carbocycles. The third-order valence-corrected chi connectivity index (χ3v) is 7.83. The van der Waals surface area contributed by atoms with Crippen molar-refractivity contribution < 1.29 is 19.1 Å². The SMILES string of the molecule is CCCCOc1ccc(C(C)NC(=O)CN2C(=O)/C(=C/c3ccc(OC)c(Br)c3)Sc3ccccc32)cc1. The van der Waals surface area contributed by atoms with Gasteiger partial charge in [-0.05, 0) is 82.9 Å². The first-order valence-electron chi connectivity index (χ1n) is 12.6. The number of hydrogen-bond acceptors (Lipinski definition) is 5. The summed E-state index contributed by atoms with van der Waals surface area (Å²) in [5, 5.41) is 3.03. The minimum Gasteiger partial charge on any atom is -0.496 e. The Hall–Kier alpha value is -3.23. The number of ether oxygens (including phenoxy) is 2. The lowest BCUT2D eigenvalue weighted by atomic mass is 10.1. The molecule has 6 nitrogen and oxygen atoms in total. The first kappa shape index (κ1) is 27.8. The van der Waals surface area contributed by atoms with Gasteiger partial charge in [0.25, 0.3) is 5.91 Å². The summed E-state index contributed by atoms with van der Waals surface area (Å²) in [6.07, 6.45) is 3.94. The summed E-state index contributed by atoms with van der Waals surface area (Å²) < 4.78 is 11.8. The Morgan fingerprint density at radius 3 is 2.61 bits per heavy atom. The quantitative estimate of drug-likeness (QED) is 0.202. The molecule has 4 rings (SSSR count). The van der Waals surface area contributed by atoms with E-state index in [0.717, 1.165) is 44.8 Å². The molecule has 1 aliphatic rings. The molecule has 2 amide bonds. The van der Waals surface area contributed by atoms with Crippen molar-refractivity contribution in [1.29, 1.82) is 0 Å². The number of fused-ring (bicyclic) bond motifs is 1. The van der Waals surface area contributed by atoms with Crippen LogP contribution in [0.25, 0.3) is 6.08 Å². The van der Waals surface area contributed by atoms with E-state index < -0.39 is 0 Å². The molecule has 0 aromatic heterocycles. The second-order valence-electron chi connectivity index (χ2n) is 8.92. The van der Waals surface area contributed by atoms with Gasteiger partial charge in [-0.2, -0.15) is 0 Å². The van der Waals surface area contributed by atoms with E-state index in [9.17, 15) is 9.59 Å². The van der Waals surface area contributed by atoms with E-state index in [1.54, 1.807) is 12.0 Å². The fourth-order valence-corrected chi connectivity index (χ4v) is 5.66. The van der Waals surface area contributed by atoms with Crippen LogP contribution in [-0.4, -0.2) is 32.1 Å². The predicted molar refractivity (Wildman–Crippen MR) is 157 cm³/mol. The molecule has 0 radical (unpaired) electrons. The number of anilines is 1. The molecule has 1 N–H and O–H groups in total. The first-order chi connectivity index (χ1) is 18.4. The number of amides is 2. The summed E-state index contributed by atoms with van der Waals surface area (Å²) in [7, 11) is 1.61. The van der Waals surface area contributed by atoms with Gasteiger partial charge in [-0.1, -0.05) is 55.4 Å². The molecule has 3 aromatic carbocycles. The highest BCUT2D eigenvalue weighted by Gasteiger charge is 2.30. The monoisotopic (exact) mass is 594 g/mol. The maximum atomic E-state index is 13.5. The topological polar surface area (TPSA) is 67.9 Å². The number of nitrogens with one attached hydrogen (secondary N) is 1. The molecule has 1 heterocycles. The number of para-hydroxylation sites is 1. The average molecular weight is 596 g/mol. The molecule has 38 heavy (non-hydrogen) atoms. The Morgan fingerprint density at radius 2 is 1.89 bits per heavy atom. The summed E-state index contributed by atoms with van der Waals surface area (Å²) in [5.74, 6) is 1.09. The van der Waals surface area contributed by atoms with Gasteiger partial charge in [-0.3, -0.25) is 14.5 Å². The van der Waals surface area contributed by atoms with Crippen molar-refractivity contribution in [1.82, 2.24) is 5.32 Å². The van der Waals surface area contributed by atoms with Crippen LogP contribution in [0.2, 0.25) is 0 Å². The van der Waals surface area contributed by atoms with E-state index >= 15 is 0 Å². The fraction of sp³-hybridized carbons (Fsp3) is 0.267. The predicted octanol–water partition coefficient (Wildman–Crippen LogP) is 6.99. The molecular formula is C30H31BrN2O4S. The molecule has 1 atom stereocenters. The summed E-state index contributed by atoms with van der Waals surface area (Å²) in [5.41, 5.74) is 2.55. The summed E-state index contributed by atoms with van der Waals surface area (Å²) >= 11 is 4.91. The van der Waals surface area contributed by atoms with Crippen molar-refractivity contribution >= 4 is 51.3 Å². The third-order valence-electron chi connectivity index (χ3n) is 6.13. The van der Waals surface area contributed by atoms with Crippen LogP contribution in [0.1, 0.15) is 43.9 Å². The number of benzene rings is 3. The maximum Gasteiger partial charge on any atom is 0.265 e. The van der Waals surface area contributed by atoms with Crippen LogP contribution < -0.4 is 19.7 Å². The Balaban J connectivity index is 1.48. The van der Waals surface area contributed by atoms with Gasteiger partial charge < -0.3 is 14.8 Å². The molecule has 0 fully saturated rings. The number of hydrogen-bond donors (Lipinski definition) is 1. The number of carbonyl (C=O) groups is 2. The largest absolute Gasteiger partial charge is 0.496 e. The van der Waals surface area contributed by atoms with Crippen molar-refractivity contribution in [2.75, 3.05) is 25.2 Å². The summed E-state index contributed by atoms with van der Waals surface area (Å²) in [6.45, 7) is 4.67. The van der Waals surface area contributed by atoms with Crippen molar-refractivity contribution in [3.63, 3.8) is 0 Å². The van der Waals surface area contributed by atoms with Crippen LogP contribution in [0.15, 0.2) is 81.0 Å².